The number of nitrogens with two attached hydrogens (primary N) is 1. The average molecular weight is 463 g/mol. The van der Waals surface area contributed by atoms with Gasteiger partial charge in [0.15, 0.2) is 5.75 Å². The summed E-state index contributed by atoms with van der Waals surface area (Å²) in [7, 11) is 0. The lowest BCUT2D eigenvalue weighted by atomic mass is 9.98. The van der Waals surface area contributed by atoms with Crippen LogP contribution in [0.25, 0.3) is 0 Å². The molecule has 0 aromatic heterocycles. The van der Waals surface area contributed by atoms with Crippen LogP contribution in [0.4, 0.5) is 5.69 Å². The van der Waals surface area contributed by atoms with Crippen LogP contribution in [-0.4, -0.2) is 17.4 Å². The second-order valence-electron chi connectivity index (χ2n) is 6.94. The minimum Gasteiger partial charge on any atom is -0.454 e. The molecule has 1 heterocycles. The molecule has 3 N–H and O–H groups in total. The van der Waals surface area contributed by atoms with Gasteiger partial charge in [0, 0.05) is 23.7 Å². The summed E-state index contributed by atoms with van der Waals surface area (Å²) in [5.41, 5.74) is 5.71. The Balaban J connectivity index is 1.53. The van der Waals surface area contributed by atoms with Gasteiger partial charge in [0.05, 0.1) is 15.7 Å². The highest BCUT2D eigenvalue weighted by Gasteiger charge is 2.25. The smallest absolute Gasteiger partial charge is 0.254 e. The van der Waals surface area contributed by atoms with Crippen LogP contribution in [0.15, 0.2) is 54.6 Å². The third kappa shape index (κ3) is 4.35. The van der Waals surface area contributed by atoms with E-state index in [4.69, 9.17) is 45.4 Å². The maximum Gasteiger partial charge on any atom is 0.254 e. The second-order valence-corrected chi connectivity index (χ2v) is 8.19. The highest BCUT2D eigenvalue weighted by molar-refractivity contribution is 6.37. The Morgan fingerprint density at radius 2 is 1.70 bits per heavy atom. The van der Waals surface area contributed by atoms with E-state index in [1.807, 2.05) is 35.2 Å². The van der Waals surface area contributed by atoms with E-state index in [-0.39, 0.29) is 5.91 Å². The Morgan fingerprint density at radius 1 is 1.00 bits per heavy atom. The van der Waals surface area contributed by atoms with E-state index in [9.17, 15) is 4.79 Å². The van der Waals surface area contributed by atoms with Gasteiger partial charge < -0.3 is 15.1 Å². The molecule has 0 radical (unpaired) electrons. The molecule has 0 saturated heterocycles. The van der Waals surface area contributed by atoms with Crippen LogP contribution in [0, 0.1) is 0 Å². The van der Waals surface area contributed by atoms with Gasteiger partial charge in [0.2, 0.25) is 0 Å². The first kappa shape index (κ1) is 20.8. The van der Waals surface area contributed by atoms with Gasteiger partial charge >= 0.3 is 0 Å². The molecule has 0 atom stereocenters. The van der Waals surface area contributed by atoms with Crippen molar-refractivity contribution in [2.24, 2.45) is 5.84 Å². The fraction of sp³-hybridized carbons (Fsp3) is 0.136. The number of hydrazine groups is 1. The number of carbonyl (C=O) groups excluding carboxylic acids is 1. The predicted molar refractivity (Wildman–Crippen MR) is 121 cm³/mol. The lowest BCUT2D eigenvalue weighted by molar-refractivity contribution is 0.0727. The molecular formula is C22H18Cl3N3O2. The normalized spacial score (nSPS) is 13.2. The summed E-state index contributed by atoms with van der Waals surface area (Å²) in [6, 6.07) is 16.1. The van der Waals surface area contributed by atoms with Crippen molar-refractivity contribution in [3.8, 4) is 11.5 Å². The lowest BCUT2D eigenvalue weighted by Crippen LogP contribution is -2.37. The van der Waals surface area contributed by atoms with E-state index in [1.165, 1.54) is 0 Å². The summed E-state index contributed by atoms with van der Waals surface area (Å²) >= 11 is 18.5. The summed E-state index contributed by atoms with van der Waals surface area (Å²) in [4.78, 5) is 14.8. The van der Waals surface area contributed by atoms with E-state index < -0.39 is 0 Å². The van der Waals surface area contributed by atoms with Crippen LogP contribution in [0.3, 0.4) is 0 Å². The number of ether oxygens (including phenoxy) is 1. The standard InChI is InChI=1S/C22H18Cl3N3O2/c23-15-3-1-13(2-4-15)12-28-8-7-14-9-17(5-6-18(14)22(28)29)30-21-19(24)10-16(27-26)11-20(21)25/h1-6,9-11,27H,7-8,12,26H2. The maximum atomic E-state index is 12.9. The Bertz CT molecular complexity index is 1080. The second kappa shape index (κ2) is 8.74. The molecule has 0 aliphatic carbocycles. The van der Waals surface area contributed by atoms with Crippen LogP contribution in [0.1, 0.15) is 21.5 Å². The van der Waals surface area contributed by atoms with Crippen molar-refractivity contribution in [3.05, 3.63) is 86.4 Å². The van der Waals surface area contributed by atoms with Crippen LogP contribution in [0.2, 0.25) is 15.1 Å². The molecule has 4 rings (SSSR count). The molecule has 30 heavy (non-hydrogen) atoms. The Kier molecular flexibility index (Phi) is 6.06. The van der Waals surface area contributed by atoms with E-state index in [0.717, 1.165) is 17.5 Å². The van der Waals surface area contributed by atoms with E-state index in [1.54, 1.807) is 24.3 Å². The fourth-order valence-corrected chi connectivity index (χ4v) is 4.09. The first-order valence-electron chi connectivity index (χ1n) is 9.25. The molecule has 1 aliphatic rings. The van der Waals surface area contributed by atoms with Gasteiger partial charge in [0.1, 0.15) is 5.75 Å². The SMILES string of the molecule is NNc1cc(Cl)c(Oc2ccc3c(c2)CCN(Cc2ccc(Cl)cc2)C3=O)c(Cl)c1. The monoisotopic (exact) mass is 461 g/mol. The van der Waals surface area contributed by atoms with E-state index in [2.05, 4.69) is 5.43 Å². The molecule has 0 bridgehead atoms. The zero-order chi connectivity index (χ0) is 21.3. The summed E-state index contributed by atoms with van der Waals surface area (Å²) < 4.78 is 5.90. The highest BCUT2D eigenvalue weighted by atomic mass is 35.5. The third-order valence-electron chi connectivity index (χ3n) is 4.92. The van der Waals surface area contributed by atoms with Crippen molar-refractivity contribution >= 4 is 46.4 Å². The van der Waals surface area contributed by atoms with Gasteiger partial charge in [0.25, 0.3) is 5.91 Å². The third-order valence-corrected chi connectivity index (χ3v) is 5.73. The van der Waals surface area contributed by atoms with Crippen LogP contribution in [0.5, 0.6) is 11.5 Å². The van der Waals surface area contributed by atoms with Crippen molar-refractivity contribution in [1.82, 2.24) is 4.90 Å². The van der Waals surface area contributed by atoms with Crippen molar-refractivity contribution in [3.63, 3.8) is 0 Å². The van der Waals surface area contributed by atoms with Crippen molar-refractivity contribution < 1.29 is 9.53 Å². The maximum absolute atomic E-state index is 12.9. The Labute approximate surface area is 189 Å². The van der Waals surface area contributed by atoms with E-state index >= 15 is 0 Å². The summed E-state index contributed by atoms with van der Waals surface area (Å²) in [6.07, 6.45) is 0.726. The Morgan fingerprint density at radius 3 is 2.37 bits per heavy atom. The van der Waals surface area contributed by atoms with Gasteiger partial charge in [-0.15, -0.1) is 0 Å². The minimum atomic E-state index is -0.00723. The van der Waals surface area contributed by atoms with Crippen LogP contribution in [-0.2, 0) is 13.0 Å². The number of fused-ring (bicyclic) bond motifs is 1. The average Bonchev–Trinajstić information content (AvgIpc) is 2.74. The van der Waals surface area contributed by atoms with Crippen molar-refractivity contribution in [2.45, 2.75) is 13.0 Å². The van der Waals surface area contributed by atoms with Crippen LogP contribution >= 0.6 is 34.8 Å². The number of benzene rings is 3. The number of amides is 1. The molecule has 5 nitrogen and oxygen atoms in total. The fourth-order valence-electron chi connectivity index (χ4n) is 3.40. The van der Waals surface area contributed by atoms with Crippen molar-refractivity contribution in [1.29, 1.82) is 0 Å². The number of carbonyl (C=O) groups is 1. The number of hydrogen-bond donors (Lipinski definition) is 2. The number of nitrogen functional groups attached to an aromatic ring is 1. The van der Waals surface area contributed by atoms with Gasteiger partial charge in [-0.05, 0) is 60.0 Å². The zero-order valence-corrected chi connectivity index (χ0v) is 18.1. The summed E-state index contributed by atoms with van der Waals surface area (Å²) in [5, 5.41) is 1.34. The van der Waals surface area contributed by atoms with Gasteiger partial charge in [-0.1, -0.05) is 46.9 Å². The minimum absolute atomic E-state index is 0.00723. The van der Waals surface area contributed by atoms with Crippen molar-refractivity contribution in [2.75, 3.05) is 12.0 Å². The molecule has 0 fully saturated rings. The molecule has 0 unspecified atom stereocenters. The predicted octanol–water partition coefficient (Wildman–Crippen LogP) is 5.92. The molecule has 0 spiro atoms. The lowest BCUT2D eigenvalue weighted by Gasteiger charge is -2.29. The molecule has 154 valence electrons. The molecule has 0 saturated carbocycles. The number of halogens is 3. The largest absolute Gasteiger partial charge is 0.454 e. The number of anilines is 1. The molecule has 8 heteroatoms. The molecule has 1 aliphatic heterocycles. The van der Waals surface area contributed by atoms with Gasteiger partial charge in [-0.25, -0.2) is 0 Å². The zero-order valence-electron chi connectivity index (χ0n) is 15.8. The Hall–Kier alpha value is -2.44. The topological polar surface area (TPSA) is 67.6 Å². The van der Waals surface area contributed by atoms with Gasteiger partial charge in [-0.3, -0.25) is 10.6 Å². The first-order valence-corrected chi connectivity index (χ1v) is 10.4. The first-order chi connectivity index (χ1) is 14.4. The molecule has 1 amide bonds. The number of nitrogens with one attached hydrogen (secondary N) is 1. The van der Waals surface area contributed by atoms with E-state index in [0.29, 0.717) is 50.9 Å². The number of nitrogens with zero attached hydrogens (tertiary/aromatic N) is 1. The number of hydrogen-bond acceptors (Lipinski definition) is 4. The summed E-state index contributed by atoms with van der Waals surface area (Å²) in [6.45, 7) is 1.16. The summed E-state index contributed by atoms with van der Waals surface area (Å²) in [5.74, 6) is 6.29. The van der Waals surface area contributed by atoms with Gasteiger partial charge in [-0.2, -0.15) is 0 Å². The molecular weight excluding hydrogens is 445 g/mol. The molecule has 3 aromatic rings. The molecule has 3 aromatic carbocycles. The quantitative estimate of drug-likeness (QED) is 0.365. The number of rotatable bonds is 5. The highest BCUT2D eigenvalue weighted by Crippen LogP contribution is 2.39. The van der Waals surface area contributed by atoms with Crippen LogP contribution < -0.4 is 16.0 Å².